The minimum atomic E-state index is -0.610. The number of fused-ring (bicyclic) bond motifs is 1. The van der Waals surface area contributed by atoms with E-state index in [4.69, 9.17) is 9.47 Å². The van der Waals surface area contributed by atoms with Crippen molar-refractivity contribution in [1.29, 1.82) is 0 Å². The first-order valence-electron chi connectivity index (χ1n) is 8.36. The standard InChI is InChI=1S/C18H22N4O4/c1-18(2,3)26-16(23)21-15-19-13-10-7-11-22(14(13)20-15)17(24)25-12-8-5-4-6-9-12/h4-10,13-14H,11H2,1-3H3,(H2,19,20,21,23). The molecular weight excluding hydrogens is 336 g/mol. The van der Waals surface area contributed by atoms with Crippen LogP contribution in [-0.4, -0.2) is 47.4 Å². The first-order valence-corrected chi connectivity index (χ1v) is 8.36. The Balaban J connectivity index is 1.66. The second-order valence-electron chi connectivity index (χ2n) is 6.95. The molecule has 0 spiro atoms. The number of aliphatic imine (C=N–C) groups is 1. The zero-order valence-electron chi connectivity index (χ0n) is 14.9. The van der Waals surface area contributed by atoms with Crippen molar-refractivity contribution in [3.63, 3.8) is 0 Å². The van der Waals surface area contributed by atoms with Gasteiger partial charge in [0.1, 0.15) is 11.4 Å². The number of amides is 2. The van der Waals surface area contributed by atoms with Crippen LogP contribution in [0.3, 0.4) is 0 Å². The number of guanidine groups is 1. The van der Waals surface area contributed by atoms with Crippen LogP contribution < -0.4 is 15.4 Å². The van der Waals surface area contributed by atoms with E-state index in [-0.39, 0.29) is 12.0 Å². The average molecular weight is 358 g/mol. The number of hydrogen-bond acceptors (Lipinski definition) is 6. The zero-order valence-corrected chi connectivity index (χ0v) is 14.9. The predicted molar refractivity (Wildman–Crippen MR) is 95.8 cm³/mol. The molecule has 0 aliphatic carbocycles. The zero-order chi connectivity index (χ0) is 18.7. The fourth-order valence-electron chi connectivity index (χ4n) is 2.62. The molecule has 1 aromatic carbocycles. The van der Waals surface area contributed by atoms with Crippen molar-refractivity contribution >= 4 is 18.1 Å². The maximum atomic E-state index is 12.5. The summed E-state index contributed by atoms with van der Waals surface area (Å²) in [7, 11) is 0. The third-order valence-corrected chi connectivity index (χ3v) is 3.65. The minimum Gasteiger partial charge on any atom is -0.444 e. The van der Waals surface area contributed by atoms with Crippen molar-refractivity contribution < 1.29 is 19.1 Å². The van der Waals surface area contributed by atoms with Gasteiger partial charge in [-0.1, -0.05) is 30.4 Å². The largest absolute Gasteiger partial charge is 0.444 e. The summed E-state index contributed by atoms with van der Waals surface area (Å²) in [5.41, 5.74) is -0.610. The maximum absolute atomic E-state index is 12.5. The van der Waals surface area contributed by atoms with Crippen LogP contribution in [0.15, 0.2) is 47.5 Å². The lowest BCUT2D eigenvalue weighted by Gasteiger charge is -2.30. The van der Waals surface area contributed by atoms with Gasteiger partial charge in [0.15, 0.2) is 6.17 Å². The molecule has 0 bridgehead atoms. The highest BCUT2D eigenvalue weighted by Gasteiger charge is 2.38. The van der Waals surface area contributed by atoms with E-state index in [1.165, 1.54) is 4.90 Å². The van der Waals surface area contributed by atoms with Crippen LogP contribution >= 0.6 is 0 Å². The minimum absolute atomic E-state index is 0.239. The molecule has 2 aliphatic heterocycles. The van der Waals surface area contributed by atoms with Gasteiger partial charge in [-0.15, -0.1) is 0 Å². The highest BCUT2D eigenvalue weighted by atomic mass is 16.6. The Morgan fingerprint density at radius 3 is 2.69 bits per heavy atom. The van der Waals surface area contributed by atoms with Crippen LogP contribution in [0.2, 0.25) is 0 Å². The van der Waals surface area contributed by atoms with Crippen LogP contribution in [0.25, 0.3) is 0 Å². The Morgan fingerprint density at radius 2 is 2.00 bits per heavy atom. The summed E-state index contributed by atoms with van der Waals surface area (Å²) in [5.74, 6) is 0.726. The second kappa shape index (κ2) is 7.07. The first kappa shape index (κ1) is 17.8. The van der Waals surface area contributed by atoms with Crippen molar-refractivity contribution in [1.82, 2.24) is 15.5 Å². The van der Waals surface area contributed by atoms with E-state index >= 15 is 0 Å². The van der Waals surface area contributed by atoms with E-state index < -0.39 is 24.0 Å². The number of nitrogens with one attached hydrogen (secondary N) is 2. The molecule has 2 heterocycles. The highest BCUT2D eigenvalue weighted by molar-refractivity contribution is 5.95. The molecule has 0 radical (unpaired) electrons. The molecular formula is C18H22N4O4. The molecule has 2 unspecified atom stereocenters. The lowest BCUT2D eigenvalue weighted by Crippen LogP contribution is -2.51. The van der Waals surface area contributed by atoms with Crippen molar-refractivity contribution in [3.8, 4) is 5.75 Å². The Hall–Kier alpha value is -3.03. The Bertz CT molecular complexity index is 739. The van der Waals surface area contributed by atoms with Gasteiger partial charge in [-0.25, -0.2) is 14.6 Å². The van der Waals surface area contributed by atoms with Crippen LogP contribution in [0.5, 0.6) is 5.75 Å². The number of ether oxygens (including phenoxy) is 2. The third-order valence-electron chi connectivity index (χ3n) is 3.65. The Morgan fingerprint density at radius 1 is 1.27 bits per heavy atom. The quantitative estimate of drug-likeness (QED) is 0.751. The van der Waals surface area contributed by atoms with Gasteiger partial charge in [-0.05, 0) is 32.9 Å². The van der Waals surface area contributed by atoms with E-state index in [0.717, 1.165) is 0 Å². The summed E-state index contributed by atoms with van der Waals surface area (Å²) in [6.07, 6.45) is 2.15. The van der Waals surface area contributed by atoms with Gasteiger partial charge in [-0.3, -0.25) is 10.2 Å². The van der Waals surface area contributed by atoms with Crippen LogP contribution in [-0.2, 0) is 4.74 Å². The van der Waals surface area contributed by atoms with Crippen molar-refractivity contribution in [3.05, 3.63) is 42.5 Å². The summed E-state index contributed by atoms with van der Waals surface area (Å²) in [6, 6.07) is 8.61. The first-order chi connectivity index (χ1) is 12.3. The summed E-state index contributed by atoms with van der Waals surface area (Å²) < 4.78 is 10.6. The smallest absolute Gasteiger partial charge is 0.417 e. The Labute approximate surface area is 151 Å². The maximum Gasteiger partial charge on any atom is 0.417 e. The molecule has 1 aromatic rings. The molecule has 8 nitrogen and oxygen atoms in total. The fourth-order valence-corrected chi connectivity index (χ4v) is 2.62. The number of rotatable bonds is 1. The topological polar surface area (TPSA) is 92.3 Å². The van der Waals surface area contributed by atoms with E-state index in [1.807, 2.05) is 18.2 Å². The van der Waals surface area contributed by atoms with Crippen molar-refractivity contribution in [2.45, 2.75) is 38.6 Å². The van der Waals surface area contributed by atoms with Crippen molar-refractivity contribution in [2.75, 3.05) is 6.54 Å². The van der Waals surface area contributed by atoms with Gasteiger partial charge < -0.3 is 14.8 Å². The van der Waals surface area contributed by atoms with E-state index in [2.05, 4.69) is 15.6 Å². The summed E-state index contributed by atoms with van der Waals surface area (Å²) >= 11 is 0. The molecule has 138 valence electrons. The lowest BCUT2D eigenvalue weighted by atomic mass is 10.1. The fraction of sp³-hybridized carbons (Fsp3) is 0.389. The van der Waals surface area contributed by atoms with Crippen molar-refractivity contribution in [2.24, 2.45) is 4.99 Å². The number of benzene rings is 1. The number of nitrogens with zero attached hydrogens (tertiary/aromatic N) is 2. The third kappa shape index (κ3) is 4.33. The highest BCUT2D eigenvalue weighted by Crippen LogP contribution is 2.20. The van der Waals surface area contributed by atoms with E-state index in [1.54, 1.807) is 45.0 Å². The van der Waals surface area contributed by atoms with Crippen LogP contribution in [0, 0.1) is 0 Å². The molecule has 3 rings (SSSR count). The molecule has 2 atom stereocenters. The molecule has 2 N–H and O–H groups in total. The van der Waals surface area contributed by atoms with Gasteiger partial charge in [-0.2, -0.15) is 0 Å². The van der Waals surface area contributed by atoms with Crippen LogP contribution in [0.1, 0.15) is 20.8 Å². The molecule has 2 amide bonds. The van der Waals surface area contributed by atoms with Gasteiger partial charge in [0, 0.05) is 6.54 Å². The molecule has 2 aliphatic rings. The summed E-state index contributed by atoms with van der Waals surface area (Å²) in [6.45, 7) is 5.71. The van der Waals surface area contributed by atoms with Gasteiger partial charge >= 0.3 is 12.2 Å². The average Bonchev–Trinajstić information content (AvgIpc) is 2.95. The van der Waals surface area contributed by atoms with Crippen LogP contribution in [0.4, 0.5) is 9.59 Å². The number of carbonyl (C=O) groups excluding carboxylic acids is 2. The van der Waals surface area contributed by atoms with Gasteiger partial charge in [0.05, 0.1) is 6.04 Å². The van der Waals surface area contributed by atoms with Gasteiger partial charge in [0.25, 0.3) is 0 Å². The summed E-state index contributed by atoms with van der Waals surface area (Å²) in [4.78, 5) is 30.3. The SMILES string of the molecule is CC(C)(C)OC(=O)NC1=NC2C(C=CCN2C(=O)Oc2ccccc2)N1. The monoisotopic (exact) mass is 358 g/mol. The number of para-hydroxylation sites is 1. The molecule has 8 heteroatoms. The van der Waals surface area contributed by atoms with E-state index in [9.17, 15) is 9.59 Å². The number of hydrogen-bond donors (Lipinski definition) is 2. The number of alkyl carbamates (subject to hydrolysis) is 1. The molecule has 0 fully saturated rings. The predicted octanol–water partition coefficient (Wildman–Crippen LogP) is 2.24. The Kier molecular flexibility index (Phi) is 4.83. The molecule has 0 aromatic heterocycles. The molecule has 26 heavy (non-hydrogen) atoms. The normalized spacial score (nSPS) is 21.3. The number of carbonyl (C=O) groups is 2. The molecule has 0 saturated carbocycles. The lowest BCUT2D eigenvalue weighted by molar-refractivity contribution is 0.0561. The van der Waals surface area contributed by atoms with Gasteiger partial charge in [0.2, 0.25) is 5.96 Å². The molecule has 0 saturated heterocycles. The second-order valence-corrected chi connectivity index (χ2v) is 6.95. The summed E-state index contributed by atoms with van der Waals surface area (Å²) in [5, 5.41) is 5.63. The van der Waals surface area contributed by atoms with E-state index in [0.29, 0.717) is 12.3 Å².